The Labute approximate surface area is 206 Å². The maximum absolute atomic E-state index is 13.3. The molecular weight excluding hydrogens is 506 g/mol. The first-order valence-corrected chi connectivity index (χ1v) is 10.9. The lowest BCUT2D eigenvalue weighted by Crippen LogP contribution is -2.30. The van der Waals surface area contributed by atoms with Crippen LogP contribution in [0.25, 0.3) is 0 Å². The molecule has 0 radical (unpaired) electrons. The molecule has 0 aliphatic carbocycles. The summed E-state index contributed by atoms with van der Waals surface area (Å²) in [4.78, 5) is 13.0. The molecule has 1 atom stereocenters. The number of carbonyl (C=O) groups is 1. The van der Waals surface area contributed by atoms with Crippen LogP contribution in [0.5, 0.6) is 17.2 Å². The van der Waals surface area contributed by atoms with Gasteiger partial charge >= 0.3 is 18.9 Å². The Kier molecular flexibility index (Phi) is 6.09. The number of ether oxygens (including phenoxy) is 3. The number of urea groups is 1. The molecule has 0 bridgehead atoms. The van der Waals surface area contributed by atoms with E-state index in [9.17, 15) is 22.4 Å². The third-order valence-electron chi connectivity index (χ3n) is 5.45. The second-order valence-electron chi connectivity index (χ2n) is 7.83. The number of hydrogen-bond acceptors (Lipinski definition) is 5. The maximum Gasteiger partial charge on any atom is 0.586 e. The first-order chi connectivity index (χ1) is 17.2. The van der Waals surface area contributed by atoms with Crippen LogP contribution < -0.4 is 19.5 Å². The number of halogens is 5. The lowest BCUT2D eigenvalue weighted by molar-refractivity contribution is -0.286. The summed E-state index contributed by atoms with van der Waals surface area (Å²) in [6, 6.07) is 16.2. The molecule has 0 aromatic heterocycles. The number of hydrogen-bond donors (Lipinski definition) is 1. The van der Waals surface area contributed by atoms with Crippen LogP contribution in [0.1, 0.15) is 17.0 Å². The molecule has 5 rings (SSSR count). The van der Waals surface area contributed by atoms with Crippen molar-refractivity contribution in [2.24, 2.45) is 5.10 Å². The van der Waals surface area contributed by atoms with Crippen LogP contribution in [0, 0.1) is 0 Å². The van der Waals surface area contributed by atoms with Crippen molar-refractivity contribution >= 4 is 29.0 Å². The summed E-state index contributed by atoms with van der Waals surface area (Å²) in [5.74, 6) is -0.737. The number of benzene rings is 3. The van der Waals surface area contributed by atoms with E-state index in [0.717, 1.165) is 5.56 Å². The van der Waals surface area contributed by atoms with E-state index in [4.69, 9.17) is 11.6 Å². The molecule has 0 saturated heterocycles. The van der Waals surface area contributed by atoms with Gasteiger partial charge in [0.15, 0.2) is 11.5 Å². The number of carbonyl (C=O) groups excluding carboxylic acids is 1. The highest BCUT2D eigenvalue weighted by Gasteiger charge is 2.43. The highest BCUT2D eigenvalue weighted by Crippen LogP contribution is 2.42. The quantitative estimate of drug-likeness (QED) is 0.400. The van der Waals surface area contributed by atoms with Gasteiger partial charge in [-0.2, -0.15) is 13.9 Å². The second-order valence-corrected chi connectivity index (χ2v) is 8.27. The Morgan fingerprint density at radius 1 is 1.06 bits per heavy atom. The molecule has 2 aliphatic rings. The highest BCUT2D eigenvalue weighted by molar-refractivity contribution is 6.30. The monoisotopic (exact) mass is 521 g/mol. The van der Waals surface area contributed by atoms with Gasteiger partial charge in [-0.1, -0.05) is 23.7 Å². The highest BCUT2D eigenvalue weighted by atomic mass is 35.5. The normalized spacial score (nSPS) is 17.8. The van der Waals surface area contributed by atoms with Crippen molar-refractivity contribution in [3.05, 3.63) is 82.9 Å². The van der Waals surface area contributed by atoms with Gasteiger partial charge in [0.25, 0.3) is 0 Å². The molecule has 12 heteroatoms. The lowest BCUT2D eigenvalue weighted by atomic mass is 9.90. The van der Waals surface area contributed by atoms with Crippen LogP contribution in [0.3, 0.4) is 0 Å². The fourth-order valence-electron chi connectivity index (χ4n) is 3.87. The second kappa shape index (κ2) is 9.23. The number of amides is 2. The van der Waals surface area contributed by atoms with Crippen molar-refractivity contribution < 1.29 is 36.6 Å². The Morgan fingerprint density at radius 3 is 2.44 bits per heavy atom. The third kappa shape index (κ3) is 5.01. The van der Waals surface area contributed by atoms with Crippen molar-refractivity contribution in [3.8, 4) is 17.2 Å². The molecule has 3 aromatic carbocycles. The fraction of sp³-hybridized carbons (Fsp3) is 0.167. The minimum Gasteiger partial charge on any atom is -0.435 e. The fourth-order valence-corrected chi connectivity index (χ4v) is 3.99. The number of nitrogens with one attached hydrogen (secondary N) is 1. The Balaban J connectivity index is 1.39. The van der Waals surface area contributed by atoms with Crippen LogP contribution in [-0.4, -0.2) is 36.2 Å². The van der Waals surface area contributed by atoms with E-state index in [0.29, 0.717) is 16.3 Å². The van der Waals surface area contributed by atoms with Gasteiger partial charge in [-0.25, -0.2) is 9.80 Å². The molecule has 3 aromatic rings. The minimum absolute atomic E-state index is 0.0154. The van der Waals surface area contributed by atoms with Gasteiger partial charge in [0.2, 0.25) is 0 Å². The average Bonchev–Trinajstić information content (AvgIpc) is 3.39. The van der Waals surface area contributed by atoms with Crippen LogP contribution in [-0.2, 0) is 0 Å². The summed E-state index contributed by atoms with van der Waals surface area (Å²) in [5.41, 5.74) is 2.13. The van der Waals surface area contributed by atoms with Crippen molar-refractivity contribution in [2.45, 2.75) is 18.8 Å². The van der Waals surface area contributed by atoms with Crippen molar-refractivity contribution in [2.75, 3.05) is 11.9 Å². The molecule has 36 heavy (non-hydrogen) atoms. The summed E-state index contributed by atoms with van der Waals surface area (Å²) < 4.78 is 64.8. The first-order valence-electron chi connectivity index (χ1n) is 10.5. The van der Waals surface area contributed by atoms with Gasteiger partial charge in [0.1, 0.15) is 5.75 Å². The SMILES string of the molecule is O=C(Nc1ccc2c(c1)OC(F)(F)O2)N1CC(c2ccc(Cl)cc2)C(c2ccc(OC(F)F)cc2)=N1. The standard InChI is InChI=1S/C24H16ClF4N3O4/c25-15-5-1-13(2-6-15)18-12-32(31-21(18)14-3-8-17(9-4-14)34-22(26)27)23(33)30-16-7-10-19-20(11-16)36-24(28,29)35-19/h1-11,18,22H,12H2,(H,30,33). The van der Waals surface area contributed by atoms with Gasteiger partial charge in [-0.15, -0.1) is 8.78 Å². The smallest absolute Gasteiger partial charge is 0.435 e. The molecule has 2 aliphatic heterocycles. The first kappa shape index (κ1) is 23.7. The molecule has 1 N–H and O–H groups in total. The minimum atomic E-state index is -3.78. The maximum atomic E-state index is 13.3. The molecule has 0 spiro atoms. The summed E-state index contributed by atoms with van der Waals surface area (Å²) in [6.45, 7) is -2.80. The zero-order valence-corrected chi connectivity index (χ0v) is 18.9. The number of hydrazone groups is 1. The predicted molar refractivity (Wildman–Crippen MR) is 122 cm³/mol. The van der Waals surface area contributed by atoms with E-state index in [2.05, 4.69) is 24.6 Å². The van der Waals surface area contributed by atoms with Crippen molar-refractivity contribution in [3.63, 3.8) is 0 Å². The molecule has 2 amide bonds. The molecular formula is C24H16ClF4N3O4. The van der Waals surface area contributed by atoms with Crippen LogP contribution in [0.15, 0.2) is 71.8 Å². The van der Waals surface area contributed by atoms with Gasteiger partial charge in [-0.3, -0.25) is 0 Å². The van der Waals surface area contributed by atoms with Gasteiger partial charge in [-0.05, 0) is 59.7 Å². The third-order valence-corrected chi connectivity index (χ3v) is 5.70. The molecule has 186 valence electrons. The number of fused-ring (bicyclic) bond motifs is 1. The number of anilines is 1. The van der Waals surface area contributed by atoms with E-state index in [-0.39, 0.29) is 35.4 Å². The summed E-state index contributed by atoms with van der Waals surface area (Å²) in [5, 5.41) is 8.79. The molecule has 0 saturated carbocycles. The molecule has 1 unspecified atom stereocenters. The van der Waals surface area contributed by atoms with Crippen LogP contribution in [0.4, 0.5) is 28.0 Å². The van der Waals surface area contributed by atoms with E-state index < -0.39 is 18.9 Å². The van der Waals surface area contributed by atoms with E-state index in [1.807, 2.05) is 0 Å². The summed E-state index contributed by atoms with van der Waals surface area (Å²) in [7, 11) is 0. The number of rotatable bonds is 5. The Hall–Kier alpha value is -3.99. The average molecular weight is 522 g/mol. The van der Waals surface area contributed by atoms with E-state index >= 15 is 0 Å². The van der Waals surface area contributed by atoms with Crippen molar-refractivity contribution in [1.29, 1.82) is 0 Å². The van der Waals surface area contributed by atoms with Gasteiger partial charge in [0, 0.05) is 22.7 Å². The number of nitrogens with zero attached hydrogens (tertiary/aromatic N) is 2. The van der Waals surface area contributed by atoms with Crippen molar-refractivity contribution in [1.82, 2.24) is 5.01 Å². The molecule has 7 nitrogen and oxygen atoms in total. The van der Waals surface area contributed by atoms with Gasteiger partial charge in [0.05, 0.1) is 12.3 Å². The molecule has 2 heterocycles. The van der Waals surface area contributed by atoms with Crippen LogP contribution >= 0.6 is 11.6 Å². The zero-order valence-electron chi connectivity index (χ0n) is 18.1. The summed E-state index contributed by atoms with van der Waals surface area (Å²) >= 11 is 6.01. The summed E-state index contributed by atoms with van der Waals surface area (Å²) in [6.07, 6.45) is -3.78. The Morgan fingerprint density at radius 2 is 1.75 bits per heavy atom. The Bertz CT molecular complexity index is 1320. The zero-order chi connectivity index (χ0) is 25.4. The lowest BCUT2D eigenvalue weighted by Gasteiger charge is -2.16. The largest absolute Gasteiger partial charge is 0.586 e. The molecule has 0 fully saturated rings. The topological polar surface area (TPSA) is 72.4 Å². The number of alkyl halides is 4. The van der Waals surface area contributed by atoms with Crippen LogP contribution in [0.2, 0.25) is 5.02 Å². The van der Waals surface area contributed by atoms with E-state index in [1.54, 1.807) is 36.4 Å². The van der Waals surface area contributed by atoms with Gasteiger partial charge < -0.3 is 19.5 Å². The van der Waals surface area contributed by atoms with E-state index in [1.165, 1.54) is 35.3 Å². The predicted octanol–water partition coefficient (Wildman–Crippen LogP) is 6.30.